The summed E-state index contributed by atoms with van der Waals surface area (Å²) >= 11 is 0. The third-order valence-corrected chi connectivity index (χ3v) is 3.61. The van der Waals surface area contributed by atoms with Gasteiger partial charge in [0.15, 0.2) is 0 Å². The Kier molecular flexibility index (Phi) is 6.03. The summed E-state index contributed by atoms with van der Waals surface area (Å²) in [5, 5.41) is 2.72. The largest absolute Gasteiger partial charge is 0.468 e. The zero-order chi connectivity index (χ0) is 18.4. The molecule has 1 atom stereocenters. The number of likely N-dealkylation sites (N-methyl/N-ethyl adjacent to an activating group) is 1. The Labute approximate surface area is 143 Å². The number of hydrogen-bond donors (Lipinski definition) is 1. The zero-order valence-corrected chi connectivity index (χ0v) is 13.9. The lowest BCUT2D eigenvalue weighted by Gasteiger charge is -2.22. The van der Waals surface area contributed by atoms with Crippen molar-refractivity contribution >= 4 is 12.0 Å². The van der Waals surface area contributed by atoms with Gasteiger partial charge in [-0.05, 0) is 50.0 Å². The smallest absolute Gasteiger partial charge is 0.416 e. The number of carbonyl (C=O) groups is 1. The lowest BCUT2D eigenvalue weighted by molar-refractivity contribution is -0.137. The van der Waals surface area contributed by atoms with Crippen molar-refractivity contribution in [2.75, 3.05) is 20.6 Å². The minimum Gasteiger partial charge on any atom is -0.468 e. The number of furan rings is 1. The molecule has 2 rings (SSSR count). The molecule has 0 spiro atoms. The number of rotatable bonds is 6. The highest BCUT2D eigenvalue weighted by atomic mass is 19.4. The molecule has 0 aliphatic heterocycles. The Balaban J connectivity index is 1.97. The van der Waals surface area contributed by atoms with E-state index in [1.54, 1.807) is 12.3 Å². The van der Waals surface area contributed by atoms with E-state index in [1.807, 2.05) is 25.1 Å². The van der Waals surface area contributed by atoms with Crippen LogP contribution in [-0.2, 0) is 11.0 Å². The van der Waals surface area contributed by atoms with Crippen molar-refractivity contribution in [2.45, 2.75) is 12.2 Å². The number of amides is 1. The molecule has 0 saturated heterocycles. The number of halogens is 3. The van der Waals surface area contributed by atoms with Gasteiger partial charge in [0.05, 0.1) is 17.9 Å². The van der Waals surface area contributed by atoms with Crippen molar-refractivity contribution in [3.8, 4) is 0 Å². The molecule has 25 heavy (non-hydrogen) atoms. The maximum Gasteiger partial charge on any atom is 0.416 e. The van der Waals surface area contributed by atoms with Crippen molar-refractivity contribution < 1.29 is 22.4 Å². The molecule has 0 saturated carbocycles. The third-order valence-electron chi connectivity index (χ3n) is 3.61. The molecule has 0 fully saturated rings. The first-order valence-corrected chi connectivity index (χ1v) is 7.60. The molecule has 1 heterocycles. The highest BCUT2D eigenvalue weighted by Gasteiger charge is 2.30. The molecule has 1 unspecified atom stereocenters. The average molecular weight is 352 g/mol. The number of alkyl halides is 3. The first kappa shape index (κ1) is 18.8. The van der Waals surface area contributed by atoms with E-state index < -0.39 is 17.6 Å². The summed E-state index contributed by atoms with van der Waals surface area (Å²) < 4.78 is 43.4. The van der Waals surface area contributed by atoms with E-state index in [2.05, 4.69) is 5.32 Å². The van der Waals surface area contributed by atoms with Crippen LogP contribution < -0.4 is 5.32 Å². The van der Waals surface area contributed by atoms with Crippen LogP contribution in [0.5, 0.6) is 0 Å². The molecule has 1 amide bonds. The highest BCUT2D eigenvalue weighted by molar-refractivity contribution is 5.91. The summed E-state index contributed by atoms with van der Waals surface area (Å²) in [5.74, 6) is 0.322. The van der Waals surface area contributed by atoms with Gasteiger partial charge >= 0.3 is 6.18 Å². The number of nitrogens with one attached hydrogen (secondary N) is 1. The lowest BCUT2D eigenvalue weighted by atomic mass is 10.1. The minimum atomic E-state index is -4.41. The van der Waals surface area contributed by atoms with Crippen molar-refractivity contribution in [1.29, 1.82) is 0 Å². The molecule has 7 heteroatoms. The summed E-state index contributed by atoms with van der Waals surface area (Å²) in [6.45, 7) is 0.312. The van der Waals surface area contributed by atoms with E-state index in [0.717, 1.165) is 12.1 Å². The zero-order valence-electron chi connectivity index (χ0n) is 13.9. The Bertz CT molecular complexity index is 722. The summed E-state index contributed by atoms with van der Waals surface area (Å²) in [7, 11) is 3.72. The van der Waals surface area contributed by atoms with Gasteiger partial charge in [0.25, 0.3) is 0 Å². The maximum atomic E-state index is 12.7. The van der Waals surface area contributed by atoms with Crippen molar-refractivity contribution in [2.24, 2.45) is 0 Å². The average Bonchev–Trinajstić information content (AvgIpc) is 3.06. The van der Waals surface area contributed by atoms with Gasteiger partial charge in [0, 0.05) is 12.6 Å². The van der Waals surface area contributed by atoms with Crippen molar-refractivity contribution in [3.05, 3.63) is 65.6 Å². The van der Waals surface area contributed by atoms with Crippen LogP contribution in [0.2, 0.25) is 0 Å². The lowest BCUT2D eigenvalue weighted by Crippen LogP contribution is -2.33. The van der Waals surface area contributed by atoms with Gasteiger partial charge in [-0.1, -0.05) is 12.1 Å². The van der Waals surface area contributed by atoms with Crippen molar-refractivity contribution in [1.82, 2.24) is 10.2 Å². The summed E-state index contributed by atoms with van der Waals surface area (Å²) in [4.78, 5) is 13.8. The Morgan fingerprint density at radius 2 is 2.04 bits per heavy atom. The molecule has 4 nitrogen and oxygen atoms in total. The third kappa shape index (κ3) is 5.49. The SMILES string of the molecule is CN(C)C(CNC(=O)C=Cc1cccc(C(F)(F)F)c1)c1ccco1. The molecule has 2 aromatic rings. The van der Waals surface area contributed by atoms with Gasteiger partial charge < -0.3 is 9.73 Å². The first-order chi connectivity index (χ1) is 11.8. The molecular weight excluding hydrogens is 333 g/mol. The highest BCUT2D eigenvalue weighted by Crippen LogP contribution is 2.29. The van der Waals surface area contributed by atoms with Gasteiger partial charge in [-0.25, -0.2) is 0 Å². The van der Waals surface area contributed by atoms with Gasteiger partial charge in [-0.3, -0.25) is 9.69 Å². The molecule has 1 aromatic carbocycles. The number of benzene rings is 1. The van der Waals surface area contributed by atoms with Gasteiger partial charge in [-0.15, -0.1) is 0 Å². The fraction of sp³-hybridized carbons (Fsp3) is 0.278. The molecule has 1 N–H and O–H groups in total. The summed E-state index contributed by atoms with van der Waals surface area (Å²) in [6, 6.07) is 8.24. The fourth-order valence-corrected chi connectivity index (χ4v) is 2.27. The van der Waals surface area contributed by atoms with Crippen LogP contribution in [0.1, 0.15) is 22.9 Å². The van der Waals surface area contributed by atoms with E-state index >= 15 is 0 Å². The van der Waals surface area contributed by atoms with Gasteiger partial charge in [-0.2, -0.15) is 13.2 Å². The minimum absolute atomic E-state index is 0.138. The van der Waals surface area contributed by atoms with E-state index in [9.17, 15) is 18.0 Å². The predicted molar refractivity (Wildman–Crippen MR) is 88.6 cm³/mol. The Morgan fingerprint density at radius 1 is 1.28 bits per heavy atom. The van der Waals surface area contributed by atoms with E-state index in [1.165, 1.54) is 24.3 Å². The first-order valence-electron chi connectivity index (χ1n) is 7.60. The van der Waals surface area contributed by atoms with Crippen molar-refractivity contribution in [3.63, 3.8) is 0 Å². The van der Waals surface area contributed by atoms with Crippen LogP contribution >= 0.6 is 0 Å². The molecule has 134 valence electrons. The number of carbonyl (C=O) groups excluding carboxylic acids is 1. The van der Waals surface area contributed by atoms with Gasteiger partial charge in [0.2, 0.25) is 5.91 Å². The monoisotopic (exact) mass is 352 g/mol. The molecule has 1 aromatic heterocycles. The Morgan fingerprint density at radius 3 is 2.64 bits per heavy atom. The van der Waals surface area contributed by atoms with Crippen LogP contribution in [0.15, 0.2) is 53.2 Å². The van der Waals surface area contributed by atoms with Crippen LogP contribution in [0, 0.1) is 0 Å². The van der Waals surface area contributed by atoms with Crippen LogP contribution in [0.25, 0.3) is 6.08 Å². The second-order valence-corrected chi connectivity index (χ2v) is 5.70. The summed E-state index contributed by atoms with van der Waals surface area (Å²) in [5.41, 5.74) is -0.444. The standard InChI is InChI=1S/C18H19F3N2O2/c1-23(2)15(16-7-4-10-25-16)12-22-17(24)9-8-13-5-3-6-14(11-13)18(19,20)21/h3-11,15H,12H2,1-2H3,(H,22,24). The van der Waals surface area contributed by atoms with Crippen LogP contribution in [-0.4, -0.2) is 31.4 Å². The fourth-order valence-electron chi connectivity index (χ4n) is 2.27. The van der Waals surface area contributed by atoms with E-state index in [4.69, 9.17) is 4.42 Å². The second kappa shape index (κ2) is 8.02. The molecule has 0 radical (unpaired) electrons. The van der Waals surface area contributed by atoms with Crippen LogP contribution in [0.4, 0.5) is 13.2 Å². The Hall–Kier alpha value is -2.54. The quantitative estimate of drug-likeness (QED) is 0.806. The summed E-state index contributed by atoms with van der Waals surface area (Å²) in [6.07, 6.45) is -0.290. The van der Waals surface area contributed by atoms with E-state index in [0.29, 0.717) is 17.9 Å². The normalized spacial score (nSPS) is 13.4. The number of hydrogen-bond acceptors (Lipinski definition) is 3. The number of nitrogens with zero attached hydrogens (tertiary/aromatic N) is 1. The topological polar surface area (TPSA) is 45.5 Å². The molecule has 0 bridgehead atoms. The van der Waals surface area contributed by atoms with Gasteiger partial charge in [0.1, 0.15) is 5.76 Å². The second-order valence-electron chi connectivity index (χ2n) is 5.70. The van der Waals surface area contributed by atoms with Crippen LogP contribution in [0.3, 0.4) is 0 Å². The molecule has 0 aliphatic rings. The maximum absolute atomic E-state index is 12.7. The predicted octanol–water partition coefficient (Wildman–Crippen LogP) is 3.73. The molecular formula is C18H19F3N2O2. The molecule has 0 aliphatic carbocycles. The van der Waals surface area contributed by atoms with E-state index in [-0.39, 0.29) is 6.04 Å².